The van der Waals surface area contributed by atoms with E-state index in [-0.39, 0.29) is 13.0 Å². The van der Waals surface area contributed by atoms with E-state index in [4.69, 9.17) is 16.2 Å². The minimum Gasteiger partial charge on any atom is -0.445 e. The molecule has 2 atom stereocenters. The molecule has 0 aliphatic carbocycles. The fourth-order valence-corrected chi connectivity index (χ4v) is 3.01. The van der Waals surface area contributed by atoms with Gasteiger partial charge in [0.25, 0.3) is 0 Å². The Morgan fingerprint density at radius 3 is 2.03 bits per heavy atom. The molecule has 2 rings (SSSR count). The number of rotatable bonds is 12. The first kappa shape index (κ1) is 23.9. The van der Waals surface area contributed by atoms with Crippen molar-refractivity contribution in [3.63, 3.8) is 0 Å². The maximum Gasteiger partial charge on any atom is 0.408 e. The van der Waals surface area contributed by atoms with Crippen LogP contribution in [0.3, 0.4) is 0 Å². The van der Waals surface area contributed by atoms with Gasteiger partial charge < -0.3 is 26.8 Å². The average molecular weight is 427 g/mol. The van der Waals surface area contributed by atoms with Gasteiger partial charge in [-0.2, -0.15) is 0 Å². The molecular formula is C23H30N4O4. The summed E-state index contributed by atoms with van der Waals surface area (Å²) in [6.45, 7) is 0.562. The van der Waals surface area contributed by atoms with Gasteiger partial charge in [-0.25, -0.2) is 4.79 Å². The van der Waals surface area contributed by atoms with E-state index in [1.807, 2.05) is 60.7 Å². The molecule has 2 aromatic rings. The van der Waals surface area contributed by atoms with E-state index in [1.165, 1.54) is 0 Å². The summed E-state index contributed by atoms with van der Waals surface area (Å²) in [6.07, 6.45) is 1.24. The number of hydrogen-bond donors (Lipinski definition) is 4. The van der Waals surface area contributed by atoms with Gasteiger partial charge in [0, 0.05) is 6.42 Å². The molecule has 2 aromatic carbocycles. The highest BCUT2D eigenvalue weighted by Gasteiger charge is 2.26. The zero-order valence-electron chi connectivity index (χ0n) is 17.5. The second-order valence-corrected chi connectivity index (χ2v) is 7.20. The number of carbonyl (C=O) groups excluding carboxylic acids is 3. The molecule has 8 heteroatoms. The Hall–Kier alpha value is -3.39. The molecule has 0 unspecified atom stereocenters. The third-order valence-electron chi connectivity index (χ3n) is 4.71. The number of hydrogen-bond acceptors (Lipinski definition) is 5. The molecular weight excluding hydrogens is 396 g/mol. The van der Waals surface area contributed by atoms with Gasteiger partial charge in [0.1, 0.15) is 18.7 Å². The second kappa shape index (κ2) is 13.0. The quantitative estimate of drug-likeness (QED) is 0.382. The monoisotopic (exact) mass is 426 g/mol. The van der Waals surface area contributed by atoms with Crippen molar-refractivity contribution in [2.45, 2.75) is 44.4 Å². The van der Waals surface area contributed by atoms with Crippen LogP contribution in [0.2, 0.25) is 0 Å². The number of alkyl carbamates (subject to hydrolysis) is 1. The van der Waals surface area contributed by atoms with Crippen LogP contribution in [0, 0.1) is 0 Å². The number of nitrogens with one attached hydrogen (secondary N) is 2. The van der Waals surface area contributed by atoms with Crippen LogP contribution in [0.1, 0.15) is 30.4 Å². The number of nitrogens with two attached hydrogens (primary N) is 2. The number of carbonyl (C=O) groups is 3. The summed E-state index contributed by atoms with van der Waals surface area (Å²) < 4.78 is 5.22. The largest absolute Gasteiger partial charge is 0.445 e. The smallest absolute Gasteiger partial charge is 0.408 e. The first-order valence-electron chi connectivity index (χ1n) is 10.3. The number of primary amides is 1. The van der Waals surface area contributed by atoms with E-state index in [2.05, 4.69) is 10.6 Å². The highest BCUT2D eigenvalue weighted by atomic mass is 16.5. The Morgan fingerprint density at radius 2 is 1.45 bits per heavy atom. The van der Waals surface area contributed by atoms with Crippen molar-refractivity contribution in [3.8, 4) is 0 Å². The molecule has 0 spiro atoms. The van der Waals surface area contributed by atoms with Crippen LogP contribution in [-0.2, 0) is 27.4 Å². The molecule has 0 aromatic heterocycles. The molecule has 3 amide bonds. The molecule has 0 heterocycles. The van der Waals surface area contributed by atoms with Gasteiger partial charge in [-0.15, -0.1) is 0 Å². The predicted octanol–water partition coefficient (Wildman–Crippen LogP) is 1.62. The van der Waals surface area contributed by atoms with Gasteiger partial charge in [-0.05, 0) is 36.9 Å². The molecule has 0 saturated carbocycles. The Labute approximate surface area is 182 Å². The average Bonchev–Trinajstić information content (AvgIpc) is 2.78. The molecule has 0 saturated heterocycles. The number of ether oxygens (including phenoxy) is 1. The highest BCUT2D eigenvalue weighted by molar-refractivity contribution is 5.90. The Kier molecular flexibility index (Phi) is 10.0. The van der Waals surface area contributed by atoms with Crippen molar-refractivity contribution in [1.29, 1.82) is 0 Å². The number of unbranched alkanes of at least 4 members (excludes halogenated alkanes) is 1. The zero-order valence-corrected chi connectivity index (χ0v) is 17.5. The fourth-order valence-electron chi connectivity index (χ4n) is 3.01. The SMILES string of the molecule is NCCCC[C@H](NC(=O)OCc1ccccc1)C(=O)N[C@@H](Cc1ccccc1)C(N)=O. The van der Waals surface area contributed by atoms with Crippen molar-refractivity contribution in [2.24, 2.45) is 11.5 Å². The highest BCUT2D eigenvalue weighted by Crippen LogP contribution is 2.07. The summed E-state index contributed by atoms with van der Waals surface area (Å²) >= 11 is 0. The molecule has 8 nitrogen and oxygen atoms in total. The fraction of sp³-hybridized carbons (Fsp3) is 0.348. The first-order valence-corrected chi connectivity index (χ1v) is 10.3. The van der Waals surface area contributed by atoms with E-state index in [0.29, 0.717) is 25.8 Å². The lowest BCUT2D eigenvalue weighted by molar-refractivity contribution is -0.128. The lowest BCUT2D eigenvalue weighted by Gasteiger charge is -2.22. The summed E-state index contributed by atoms with van der Waals surface area (Å²) in [6, 6.07) is 16.7. The van der Waals surface area contributed by atoms with Gasteiger partial charge in [0.05, 0.1) is 0 Å². The minimum atomic E-state index is -0.894. The number of amides is 3. The maximum absolute atomic E-state index is 12.8. The minimum absolute atomic E-state index is 0.0851. The van der Waals surface area contributed by atoms with Crippen LogP contribution in [0.4, 0.5) is 4.79 Å². The van der Waals surface area contributed by atoms with E-state index in [1.54, 1.807) is 0 Å². The third kappa shape index (κ3) is 8.88. The maximum atomic E-state index is 12.8. The van der Waals surface area contributed by atoms with Crippen molar-refractivity contribution in [2.75, 3.05) is 6.54 Å². The van der Waals surface area contributed by atoms with Crippen LogP contribution >= 0.6 is 0 Å². The summed E-state index contributed by atoms with van der Waals surface area (Å²) in [7, 11) is 0. The zero-order chi connectivity index (χ0) is 22.5. The van der Waals surface area contributed by atoms with Crippen LogP contribution < -0.4 is 22.1 Å². The molecule has 0 radical (unpaired) electrons. The molecule has 0 aliphatic heterocycles. The summed E-state index contributed by atoms with van der Waals surface area (Å²) in [5.41, 5.74) is 12.7. The molecule has 0 bridgehead atoms. The van der Waals surface area contributed by atoms with Crippen molar-refractivity contribution >= 4 is 17.9 Å². The van der Waals surface area contributed by atoms with E-state index in [9.17, 15) is 14.4 Å². The van der Waals surface area contributed by atoms with Gasteiger partial charge in [-0.1, -0.05) is 60.7 Å². The molecule has 0 fully saturated rings. The Morgan fingerprint density at radius 1 is 0.839 bits per heavy atom. The summed E-state index contributed by atoms with van der Waals surface area (Å²) in [5.74, 6) is -1.14. The topological polar surface area (TPSA) is 137 Å². The predicted molar refractivity (Wildman–Crippen MR) is 118 cm³/mol. The van der Waals surface area contributed by atoms with Gasteiger partial charge in [0.2, 0.25) is 11.8 Å². The Balaban J connectivity index is 1.97. The Bertz CT molecular complexity index is 830. The van der Waals surface area contributed by atoms with Gasteiger partial charge >= 0.3 is 6.09 Å². The van der Waals surface area contributed by atoms with Crippen LogP contribution in [0.25, 0.3) is 0 Å². The van der Waals surface area contributed by atoms with Crippen molar-refractivity contribution < 1.29 is 19.1 Å². The summed E-state index contributed by atoms with van der Waals surface area (Å²) in [4.78, 5) is 37.0. The van der Waals surface area contributed by atoms with Crippen molar-refractivity contribution in [1.82, 2.24) is 10.6 Å². The van der Waals surface area contributed by atoms with Gasteiger partial charge in [0.15, 0.2) is 0 Å². The molecule has 166 valence electrons. The second-order valence-electron chi connectivity index (χ2n) is 7.20. The molecule has 0 aliphatic rings. The lowest BCUT2D eigenvalue weighted by atomic mass is 10.0. The number of benzene rings is 2. The van der Waals surface area contributed by atoms with E-state index >= 15 is 0 Å². The molecule has 31 heavy (non-hydrogen) atoms. The normalized spacial score (nSPS) is 12.4. The van der Waals surface area contributed by atoms with Crippen LogP contribution in [0.15, 0.2) is 60.7 Å². The summed E-state index contributed by atoms with van der Waals surface area (Å²) in [5, 5.41) is 5.24. The first-order chi connectivity index (χ1) is 15.0. The van der Waals surface area contributed by atoms with E-state index in [0.717, 1.165) is 11.1 Å². The van der Waals surface area contributed by atoms with Gasteiger partial charge in [-0.3, -0.25) is 9.59 Å². The van der Waals surface area contributed by atoms with Crippen LogP contribution in [0.5, 0.6) is 0 Å². The van der Waals surface area contributed by atoms with Crippen molar-refractivity contribution in [3.05, 3.63) is 71.8 Å². The van der Waals surface area contributed by atoms with Crippen LogP contribution in [-0.4, -0.2) is 36.5 Å². The standard InChI is InChI=1S/C23H30N4O4/c24-14-8-7-13-19(27-23(30)31-16-18-11-5-2-6-12-18)22(29)26-20(21(25)28)15-17-9-3-1-4-10-17/h1-6,9-12,19-20H,7-8,13-16,24H2,(H2,25,28)(H,26,29)(H,27,30)/t19-,20-/m0/s1. The molecule has 6 N–H and O–H groups in total. The third-order valence-corrected chi connectivity index (χ3v) is 4.71. The van der Waals surface area contributed by atoms with E-state index < -0.39 is 30.0 Å². The lowest BCUT2D eigenvalue weighted by Crippen LogP contribution is -2.53.